The third-order valence-corrected chi connectivity index (χ3v) is 10.0. The lowest BCUT2D eigenvalue weighted by atomic mass is 9.88. The molecule has 0 aliphatic carbocycles. The van der Waals surface area contributed by atoms with Crippen LogP contribution < -0.4 is 10.6 Å². The molecule has 4 heterocycles. The molecule has 16 N–H and O–H groups in total. The van der Waals surface area contributed by atoms with Crippen LogP contribution in [-0.4, -0.2) is 244 Å². The van der Waals surface area contributed by atoms with Crippen molar-refractivity contribution in [3.8, 4) is 0 Å². The van der Waals surface area contributed by atoms with Crippen LogP contribution in [-0.2, 0) is 47.5 Å². The number of hydrogen-bond donors (Lipinski definition) is 16. The molecule has 0 radical (unpaired) electrons. The molecule has 21 atom stereocenters. The van der Waals surface area contributed by atoms with E-state index in [-0.39, 0.29) is 0 Å². The zero-order valence-electron chi connectivity index (χ0n) is 30.4. The lowest BCUT2D eigenvalue weighted by Gasteiger charge is -2.49. The van der Waals surface area contributed by atoms with Gasteiger partial charge in [0.1, 0.15) is 92.0 Å². The molecule has 57 heavy (non-hydrogen) atoms. The highest BCUT2D eigenvalue weighted by Gasteiger charge is 2.58. The summed E-state index contributed by atoms with van der Waals surface area (Å²) in [4.78, 5) is 36.8. The summed E-state index contributed by atoms with van der Waals surface area (Å²) in [6, 6.07) is -3.40. The average molecular weight is 837 g/mol. The van der Waals surface area contributed by atoms with Crippen molar-refractivity contribution in [3.05, 3.63) is 0 Å². The highest BCUT2D eigenvalue weighted by atomic mass is 16.8. The Morgan fingerprint density at radius 3 is 2.00 bits per heavy atom. The summed E-state index contributed by atoms with van der Waals surface area (Å²) >= 11 is 0. The SMILES string of the molecule is CC(=O)N[C@@H]1[C@@H](O[C@@H]2O[C@H](CO)[C@H](O)[C@H](O)[C@H]2O[C@@H]2O[C@@H](C)[C@@H](O)[C@@H](O)[C@@H]2O)[C@@H](O)[C@@H](CO[C@]2(C(=O)O)C[C@H](O)[C@@H](NC(=O)CO)[C@H]([C@H](O)[C@H](O)CO)O2)O[C@@H]1O. The smallest absolute Gasteiger partial charge is 0.364 e. The Kier molecular flexibility index (Phi) is 16.4. The first-order valence-electron chi connectivity index (χ1n) is 17.7. The van der Waals surface area contributed by atoms with E-state index in [1.807, 2.05) is 0 Å². The largest absolute Gasteiger partial charge is 0.477 e. The summed E-state index contributed by atoms with van der Waals surface area (Å²) in [5.74, 6) is -6.86. The molecule has 0 aromatic rings. The second-order valence-electron chi connectivity index (χ2n) is 14.1. The molecule has 26 nitrogen and oxygen atoms in total. The molecule has 4 aliphatic rings. The number of carbonyl (C=O) groups is 3. The normalized spacial score (nSPS) is 45.1. The first-order valence-corrected chi connectivity index (χ1v) is 17.7. The number of nitrogens with one attached hydrogen (secondary N) is 2. The van der Waals surface area contributed by atoms with E-state index in [1.54, 1.807) is 0 Å². The molecule has 0 aromatic heterocycles. The Balaban J connectivity index is 1.63. The third kappa shape index (κ3) is 10.3. The summed E-state index contributed by atoms with van der Waals surface area (Å²) in [5, 5.41) is 150. The van der Waals surface area contributed by atoms with Gasteiger partial charge in [0.05, 0.1) is 38.1 Å². The number of aliphatic hydroxyl groups is 13. The zero-order chi connectivity index (χ0) is 42.7. The van der Waals surface area contributed by atoms with Crippen molar-refractivity contribution in [2.24, 2.45) is 0 Å². The number of aliphatic carboxylic acids is 1. The van der Waals surface area contributed by atoms with Crippen LogP contribution in [0.25, 0.3) is 0 Å². The molecule has 0 bridgehead atoms. The van der Waals surface area contributed by atoms with Gasteiger partial charge in [-0.2, -0.15) is 0 Å². The summed E-state index contributed by atoms with van der Waals surface area (Å²) < 4.78 is 39.1. The standard InChI is InChI=1S/C31H52N2O24/c1-8-17(41)21(45)23(47)28(52-8)56-26-22(46)19(43)12(5-35)54-29(26)55-24-16(32-9(2)37)27(48)53-13(20(24)44)7-51-31(30(49)50)3-10(38)15(33-14(40)6-36)25(57-31)18(42)11(39)4-34/h8,10-13,15-29,34-36,38-39,41-48H,3-7H2,1-2H3,(H,32,37)(H,33,40)(H,49,50)/t8-,10-,11+,12+,13+,15+,16+,17+,18+,19-,20-,21+,22-,23-,24+,25+,26+,27-,28-,29-,31+/m0/s1. The average Bonchev–Trinajstić information content (AvgIpc) is 3.17. The summed E-state index contributed by atoms with van der Waals surface area (Å²) in [5.41, 5.74) is 0. The fourth-order valence-electron chi connectivity index (χ4n) is 6.86. The predicted octanol–water partition coefficient (Wildman–Crippen LogP) is -10.3. The number of rotatable bonds is 15. The van der Waals surface area contributed by atoms with Crippen molar-refractivity contribution in [2.75, 3.05) is 26.4 Å². The predicted molar refractivity (Wildman–Crippen MR) is 174 cm³/mol. The van der Waals surface area contributed by atoms with Crippen molar-refractivity contribution in [1.29, 1.82) is 0 Å². The summed E-state index contributed by atoms with van der Waals surface area (Å²) in [6.45, 7) is -1.89. The minimum atomic E-state index is -2.98. The Labute approximate surface area is 322 Å². The van der Waals surface area contributed by atoms with Crippen LogP contribution in [0.2, 0.25) is 0 Å². The van der Waals surface area contributed by atoms with E-state index in [1.165, 1.54) is 6.92 Å². The van der Waals surface area contributed by atoms with Crippen LogP contribution >= 0.6 is 0 Å². The fraction of sp³-hybridized carbons (Fsp3) is 0.903. The fourth-order valence-corrected chi connectivity index (χ4v) is 6.86. The Morgan fingerprint density at radius 1 is 0.772 bits per heavy atom. The molecule has 0 aromatic carbocycles. The zero-order valence-corrected chi connectivity index (χ0v) is 30.4. The van der Waals surface area contributed by atoms with Crippen LogP contribution in [0, 0.1) is 0 Å². The molecule has 26 heteroatoms. The van der Waals surface area contributed by atoms with Crippen molar-refractivity contribution >= 4 is 17.8 Å². The van der Waals surface area contributed by atoms with E-state index >= 15 is 0 Å². The van der Waals surface area contributed by atoms with Gasteiger partial charge in [0.25, 0.3) is 5.79 Å². The molecule has 2 amide bonds. The topological polar surface area (TPSA) is 423 Å². The number of carbonyl (C=O) groups excluding carboxylic acids is 2. The van der Waals surface area contributed by atoms with Gasteiger partial charge in [-0.25, -0.2) is 4.79 Å². The second kappa shape index (κ2) is 19.8. The highest BCUT2D eigenvalue weighted by Crippen LogP contribution is 2.36. The van der Waals surface area contributed by atoms with Gasteiger partial charge in [-0.15, -0.1) is 0 Å². The molecule has 0 unspecified atom stereocenters. The van der Waals surface area contributed by atoms with Gasteiger partial charge < -0.3 is 115 Å². The van der Waals surface area contributed by atoms with Gasteiger partial charge >= 0.3 is 5.97 Å². The third-order valence-electron chi connectivity index (χ3n) is 10.0. The van der Waals surface area contributed by atoms with Crippen LogP contribution in [0.4, 0.5) is 0 Å². The van der Waals surface area contributed by atoms with Crippen molar-refractivity contribution < 1.29 is 119 Å². The van der Waals surface area contributed by atoms with Crippen LogP contribution in [0.3, 0.4) is 0 Å². The number of aliphatic hydroxyl groups excluding tert-OH is 13. The monoisotopic (exact) mass is 836 g/mol. The van der Waals surface area contributed by atoms with E-state index in [9.17, 15) is 85.9 Å². The van der Waals surface area contributed by atoms with Crippen LogP contribution in [0.1, 0.15) is 20.3 Å². The van der Waals surface area contributed by atoms with Gasteiger partial charge in [0, 0.05) is 13.3 Å². The molecular weight excluding hydrogens is 784 g/mol. The second-order valence-corrected chi connectivity index (χ2v) is 14.1. The van der Waals surface area contributed by atoms with Crippen molar-refractivity contribution in [3.63, 3.8) is 0 Å². The quantitative estimate of drug-likeness (QED) is 0.0728. The van der Waals surface area contributed by atoms with Crippen LogP contribution in [0.5, 0.6) is 0 Å². The van der Waals surface area contributed by atoms with Gasteiger partial charge in [-0.05, 0) is 6.92 Å². The molecule has 4 fully saturated rings. The molecule has 330 valence electrons. The minimum absolute atomic E-state index is 0.814. The number of carboxylic acids is 1. The summed E-state index contributed by atoms with van der Waals surface area (Å²) in [6.07, 6.45) is -34.9. The van der Waals surface area contributed by atoms with Crippen molar-refractivity contribution in [2.45, 2.75) is 149 Å². The first-order chi connectivity index (χ1) is 26.7. The van der Waals surface area contributed by atoms with E-state index in [4.69, 9.17) is 33.2 Å². The van der Waals surface area contributed by atoms with Gasteiger partial charge in [-0.3, -0.25) is 9.59 Å². The number of hydrogen-bond acceptors (Lipinski definition) is 23. The lowest BCUT2D eigenvalue weighted by molar-refractivity contribution is -0.381. The Morgan fingerprint density at radius 2 is 1.42 bits per heavy atom. The molecule has 4 rings (SSSR count). The molecular formula is C31H52N2O24. The van der Waals surface area contributed by atoms with E-state index in [0.717, 1.165) is 6.92 Å². The van der Waals surface area contributed by atoms with E-state index < -0.39 is 179 Å². The van der Waals surface area contributed by atoms with Gasteiger partial charge in [-0.1, -0.05) is 0 Å². The number of ether oxygens (including phenoxy) is 7. The van der Waals surface area contributed by atoms with Crippen molar-refractivity contribution in [1.82, 2.24) is 10.6 Å². The van der Waals surface area contributed by atoms with Gasteiger partial charge in [0.2, 0.25) is 11.8 Å². The molecule has 4 saturated heterocycles. The molecule has 0 spiro atoms. The maximum Gasteiger partial charge on any atom is 0.364 e. The molecule has 4 aliphatic heterocycles. The number of carboxylic acid groups (broad SMARTS) is 1. The lowest BCUT2D eigenvalue weighted by Crippen LogP contribution is -2.70. The Bertz CT molecular complexity index is 1350. The highest BCUT2D eigenvalue weighted by molar-refractivity contribution is 5.78. The Hall–Kier alpha value is -2.39. The maximum absolute atomic E-state index is 12.7. The van der Waals surface area contributed by atoms with E-state index in [0.29, 0.717) is 0 Å². The number of amides is 2. The first kappa shape index (κ1) is 47.3. The van der Waals surface area contributed by atoms with Crippen LogP contribution in [0.15, 0.2) is 0 Å². The van der Waals surface area contributed by atoms with E-state index in [2.05, 4.69) is 10.6 Å². The minimum Gasteiger partial charge on any atom is -0.477 e. The molecule has 0 saturated carbocycles. The van der Waals surface area contributed by atoms with Gasteiger partial charge in [0.15, 0.2) is 18.9 Å². The maximum atomic E-state index is 12.7. The summed E-state index contributed by atoms with van der Waals surface area (Å²) in [7, 11) is 0.